The number of hydrogen-bond acceptors (Lipinski definition) is 2. The smallest absolute Gasteiger partial charge is 0.0944 e. The molecule has 1 aliphatic rings. The first-order valence-corrected chi connectivity index (χ1v) is 6.99. The Bertz CT molecular complexity index is 749. The molecule has 2 aromatic rings. The predicted molar refractivity (Wildman–Crippen MR) is 86.2 cm³/mol. The van der Waals surface area contributed by atoms with Crippen LogP contribution in [0.25, 0.3) is 0 Å². The number of rotatable bonds is 2. The number of hydrogen-bond donors (Lipinski definition) is 0. The molecule has 21 heavy (non-hydrogen) atoms. The molecule has 0 radical (unpaired) electrons. The zero-order valence-electron chi connectivity index (χ0n) is 12.0. The number of anilines is 2. The van der Waals surface area contributed by atoms with Crippen LogP contribution in [-0.4, -0.2) is 0 Å². The van der Waals surface area contributed by atoms with Crippen LogP contribution in [-0.2, 0) is 6.42 Å². The summed E-state index contributed by atoms with van der Waals surface area (Å²) >= 11 is 0. The molecule has 0 N–H and O–H groups in total. The standard InChI is InChI=1S/C19H16N2/c1-15(13-20)11-16-12-17-7-5-6-10-19(17)21(14-16)18-8-3-2-4-9-18/h2-11,14H,12H2,1H3/b15-11-. The fourth-order valence-electron chi connectivity index (χ4n) is 2.60. The quantitative estimate of drug-likeness (QED) is 0.739. The third-order valence-electron chi connectivity index (χ3n) is 3.55. The Morgan fingerprint density at radius 2 is 1.81 bits per heavy atom. The van der Waals surface area contributed by atoms with Gasteiger partial charge in [-0.3, -0.25) is 0 Å². The number of benzene rings is 2. The van der Waals surface area contributed by atoms with Crippen LogP contribution in [0.2, 0.25) is 0 Å². The van der Waals surface area contributed by atoms with E-state index < -0.39 is 0 Å². The van der Waals surface area contributed by atoms with Crippen LogP contribution in [0.4, 0.5) is 11.4 Å². The van der Waals surface area contributed by atoms with Crippen molar-refractivity contribution in [2.45, 2.75) is 13.3 Å². The lowest BCUT2D eigenvalue weighted by molar-refractivity contribution is 1.08. The molecule has 0 amide bonds. The number of nitrogens with zero attached hydrogens (tertiary/aromatic N) is 2. The van der Waals surface area contributed by atoms with Crippen molar-refractivity contribution in [3.63, 3.8) is 0 Å². The second-order valence-corrected chi connectivity index (χ2v) is 5.15. The van der Waals surface area contributed by atoms with Crippen molar-refractivity contribution < 1.29 is 0 Å². The van der Waals surface area contributed by atoms with Crippen LogP contribution in [0.5, 0.6) is 0 Å². The van der Waals surface area contributed by atoms with Gasteiger partial charge in [-0.05, 0) is 42.3 Å². The van der Waals surface area contributed by atoms with Crippen LogP contribution < -0.4 is 4.90 Å². The maximum atomic E-state index is 8.98. The summed E-state index contributed by atoms with van der Waals surface area (Å²) < 4.78 is 0. The van der Waals surface area contributed by atoms with E-state index in [9.17, 15) is 0 Å². The maximum Gasteiger partial charge on any atom is 0.0944 e. The van der Waals surface area contributed by atoms with E-state index in [0.717, 1.165) is 23.3 Å². The zero-order chi connectivity index (χ0) is 14.7. The average Bonchev–Trinajstić information content (AvgIpc) is 2.55. The van der Waals surface area contributed by atoms with Gasteiger partial charge in [-0.2, -0.15) is 5.26 Å². The largest absolute Gasteiger partial charge is 0.317 e. The minimum atomic E-state index is 0.730. The van der Waals surface area contributed by atoms with E-state index in [2.05, 4.69) is 53.6 Å². The van der Waals surface area contributed by atoms with Gasteiger partial charge in [-0.25, -0.2) is 0 Å². The Balaban J connectivity index is 2.09. The van der Waals surface area contributed by atoms with Gasteiger partial charge in [-0.1, -0.05) is 36.4 Å². The van der Waals surface area contributed by atoms with E-state index in [1.807, 2.05) is 31.2 Å². The number of fused-ring (bicyclic) bond motifs is 1. The molecule has 0 spiro atoms. The zero-order valence-corrected chi connectivity index (χ0v) is 12.0. The summed E-state index contributed by atoms with van der Waals surface area (Å²) in [5.74, 6) is 0. The Hall–Kier alpha value is -2.79. The number of nitriles is 1. The molecule has 0 saturated heterocycles. The lowest BCUT2D eigenvalue weighted by Gasteiger charge is -2.28. The lowest BCUT2D eigenvalue weighted by atomic mass is 9.97. The number of allylic oxidation sites excluding steroid dienone is 3. The second-order valence-electron chi connectivity index (χ2n) is 5.15. The third-order valence-corrected chi connectivity index (χ3v) is 3.55. The first-order chi connectivity index (χ1) is 10.3. The van der Waals surface area contributed by atoms with Crippen LogP contribution in [0.1, 0.15) is 12.5 Å². The molecule has 0 aliphatic carbocycles. The van der Waals surface area contributed by atoms with Gasteiger partial charge in [0.05, 0.1) is 6.07 Å². The van der Waals surface area contributed by atoms with Crippen molar-refractivity contribution in [2.75, 3.05) is 4.90 Å². The monoisotopic (exact) mass is 272 g/mol. The topological polar surface area (TPSA) is 27.0 Å². The summed E-state index contributed by atoms with van der Waals surface area (Å²) in [5, 5.41) is 8.98. The van der Waals surface area contributed by atoms with Gasteiger partial charge in [0.2, 0.25) is 0 Å². The first-order valence-electron chi connectivity index (χ1n) is 6.99. The van der Waals surface area contributed by atoms with Gasteiger partial charge in [-0.15, -0.1) is 0 Å². The van der Waals surface area contributed by atoms with Gasteiger partial charge < -0.3 is 4.90 Å². The van der Waals surface area contributed by atoms with E-state index in [0.29, 0.717) is 0 Å². The molecular weight excluding hydrogens is 256 g/mol. The van der Waals surface area contributed by atoms with E-state index in [1.165, 1.54) is 11.3 Å². The summed E-state index contributed by atoms with van der Waals surface area (Å²) in [6, 6.07) is 20.9. The second kappa shape index (κ2) is 5.68. The minimum Gasteiger partial charge on any atom is -0.317 e. The van der Waals surface area contributed by atoms with Crippen LogP contribution >= 0.6 is 0 Å². The van der Waals surface area contributed by atoms with Crippen molar-refractivity contribution in [1.82, 2.24) is 0 Å². The first kappa shape index (κ1) is 13.2. The molecule has 0 fully saturated rings. The molecule has 2 nitrogen and oxygen atoms in total. The Morgan fingerprint density at radius 3 is 2.57 bits per heavy atom. The third kappa shape index (κ3) is 2.73. The highest BCUT2D eigenvalue weighted by atomic mass is 15.1. The van der Waals surface area contributed by atoms with Gasteiger partial charge in [0, 0.05) is 29.6 Å². The fraction of sp³-hybridized carbons (Fsp3) is 0.105. The summed E-state index contributed by atoms with van der Waals surface area (Å²) in [5.41, 5.74) is 5.49. The minimum absolute atomic E-state index is 0.730. The maximum absolute atomic E-state index is 8.98. The molecule has 2 heteroatoms. The highest BCUT2D eigenvalue weighted by molar-refractivity contribution is 5.72. The van der Waals surface area contributed by atoms with E-state index in [-0.39, 0.29) is 0 Å². The number of para-hydroxylation sites is 2. The highest BCUT2D eigenvalue weighted by Crippen LogP contribution is 2.35. The Labute approximate surface area is 125 Å². The Morgan fingerprint density at radius 1 is 1.10 bits per heavy atom. The van der Waals surface area contributed by atoms with Gasteiger partial charge in [0.25, 0.3) is 0 Å². The highest BCUT2D eigenvalue weighted by Gasteiger charge is 2.17. The molecule has 0 aromatic heterocycles. The molecular formula is C19H16N2. The summed E-state index contributed by atoms with van der Waals surface area (Å²) in [6.45, 7) is 1.84. The summed E-state index contributed by atoms with van der Waals surface area (Å²) in [7, 11) is 0. The normalized spacial score (nSPS) is 14.2. The molecule has 102 valence electrons. The molecule has 0 unspecified atom stereocenters. The van der Waals surface area contributed by atoms with Crippen LogP contribution in [0.15, 0.2) is 78.0 Å². The summed E-state index contributed by atoms with van der Waals surface area (Å²) in [4.78, 5) is 2.19. The van der Waals surface area contributed by atoms with Gasteiger partial charge in [0.1, 0.15) is 0 Å². The van der Waals surface area contributed by atoms with Crippen molar-refractivity contribution in [2.24, 2.45) is 0 Å². The van der Waals surface area contributed by atoms with Crippen molar-refractivity contribution in [1.29, 1.82) is 5.26 Å². The fourth-order valence-corrected chi connectivity index (χ4v) is 2.60. The molecule has 0 saturated carbocycles. The molecule has 0 atom stereocenters. The Kier molecular flexibility index (Phi) is 3.57. The SMILES string of the molecule is C/C(C#N)=C/C1=CN(c2ccccc2)c2ccccc2C1. The van der Waals surface area contributed by atoms with Crippen molar-refractivity contribution >= 4 is 11.4 Å². The van der Waals surface area contributed by atoms with E-state index in [4.69, 9.17) is 5.26 Å². The molecule has 1 aliphatic heterocycles. The molecule has 2 aromatic carbocycles. The molecule has 0 bridgehead atoms. The van der Waals surface area contributed by atoms with E-state index >= 15 is 0 Å². The average molecular weight is 272 g/mol. The van der Waals surface area contributed by atoms with Gasteiger partial charge >= 0.3 is 0 Å². The summed E-state index contributed by atoms with van der Waals surface area (Å²) in [6.07, 6.45) is 4.95. The van der Waals surface area contributed by atoms with Crippen molar-refractivity contribution in [3.8, 4) is 6.07 Å². The van der Waals surface area contributed by atoms with Crippen LogP contribution in [0.3, 0.4) is 0 Å². The molecule has 1 heterocycles. The molecule has 3 rings (SSSR count). The van der Waals surface area contributed by atoms with Gasteiger partial charge in [0.15, 0.2) is 0 Å². The lowest BCUT2D eigenvalue weighted by Crippen LogP contribution is -2.16. The van der Waals surface area contributed by atoms with E-state index in [1.54, 1.807) is 0 Å². The van der Waals surface area contributed by atoms with Crippen molar-refractivity contribution in [3.05, 3.63) is 83.6 Å². The van der Waals surface area contributed by atoms with Crippen LogP contribution in [0, 0.1) is 11.3 Å². The predicted octanol–water partition coefficient (Wildman–Crippen LogP) is 4.73.